The second kappa shape index (κ2) is 5.66. The van der Waals surface area contributed by atoms with Crippen LogP contribution in [0, 0.1) is 0 Å². The number of halogens is 1. The lowest BCUT2D eigenvalue weighted by Crippen LogP contribution is -2.19. The highest BCUT2D eigenvalue weighted by Gasteiger charge is 2.14. The first-order valence-corrected chi connectivity index (χ1v) is 7.04. The van der Waals surface area contributed by atoms with E-state index in [1.807, 2.05) is 30.3 Å². The van der Waals surface area contributed by atoms with E-state index in [0.717, 1.165) is 5.56 Å². The van der Waals surface area contributed by atoms with Crippen molar-refractivity contribution in [2.24, 2.45) is 0 Å². The molecule has 0 unspecified atom stereocenters. The number of fused-ring (bicyclic) bond motifs is 1. The van der Waals surface area contributed by atoms with Crippen LogP contribution in [0.15, 0.2) is 59.5 Å². The highest BCUT2D eigenvalue weighted by atomic mass is 35.5. The van der Waals surface area contributed by atoms with Gasteiger partial charge in [-0.3, -0.25) is 4.79 Å². The standard InChI is InChI=1S/C17H12ClNO3/c18-12-6-7-13-15(8-12)19(9-11-4-2-1-3-5-11)10-14(16(13)20)17(21)22/h1-8,10H,9H2,(H,21,22). The Bertz CT molecular complexity index is 916. The third-order valence-corrected chi connectivity index (χ3v) is 3.70. The van der Waals surface area contributed by atoms with Gasteiger partial charge in [0.05, 0.1) is 5.52 Å². The number of benzene rings is 2. The van der Waals surface area contributed by atoms with E-state index >= 15 is 0 Å². The molecule has 4 nitrogen and oxygen atoms in total. The van der Waals surface area contributed by atoms with Gasteiger partial charge in [0, 0.05) is 23.2 Å². The number of aromatic nitrogens is 1. The zero-order chi connectivity index (χ0) is 15.7. The van der Waals surface area contributed by atoms with Gasteiger partial charge in [-0.05, 0) is 23.8 Å². The first-order valence-electron chi connectivity index (χ1n) is 6.66. The molecule has 1 aromatic heterocycles. The van der Waals surface area contributed by atoms with Gasteiger partial charge < -0.3 is 9.67 Å². The molecule has 22 heavy (non-hydrogen) atoms. The van der Waals surface area contributed by atoms with Crippen LogP contribution in [0.3, 0.4) is 0 Å². The van der Waals surface area contributed by atoms with Crippen molar-refractivity contribution in [2.45, 2.75) is 6.54 Å². The van der Waals surface area contributed by atoms with Crippen LogP contribution in [0.25, 0.3) is 10.9 Å². The fourth-order valence-corrected chi connectivity index (χ4v) is 2.59. The van der Waals surface area contributed by atoms with E-state index < -0.39 is 11.4 Å². The number of carboxylic acids is 1. The molecule has 0 aliphatic heterocycles. The van der Waals surface area contributed by atoms with Crippen LogP contribution in [0.1, 0.15) is 15.9 Å². The molecule has 0 bridgehead atoms. The Morgan fingerprint density at radius 3 is 2.55 bits per heavy atom. The molecule has 0 saturated carbocycles. The second-order valence-electron chi connectivity index (χ2n) is 4.95. The van der Waals surface area contributed by atoms with Gasteiger partial charge in [0.15, 0.2) is 0 Å². The SMILES string of the molecule is O=C(O)c1cn(Cc2ccccc2)c2cc(Cl)ccc2c1=O. The lowest BCUT2D eigenvalue weighted by molar-refractivity contribution is 0.0695. The quantitative estimate of drug-likeness (QED) is 0.806. The average molecular weight is 314 g/mol. The van der Waals surface area contributed by atoms with E-state index in [9.17, 15) is 14.7 Å². The minimum absolute atomic E-state index is 0.245. The third-order valence-electron chi connectivity index (χ3n) is 3.47. The number of nitrogens with zero attached hydrogens (tertiary/aromatic N) is 1. The fraction of sp³-hybridized carbons (Fsp3) is 0.0588. The number of aromatic carboxylic acids is 1. The molecule has 110 valence electrons. The molecule has 0 fully saturated rings. The summed E-state index contributed by atoms with van der Waals surface area (Å²) >= 11 is 6.02. The van der Waals surface area contributed by atoms with Crippen LogP contribution in [0.5, 0.6) is 0 Å². The van der Waals surface area contributed by atoms with Gasteiger partial charge >= 0.3 is 5.97 Å². The molecule has 1 N–H and O–H groups in total. The zero-order valence-corrected chi connectivity index (χ0v) is 12.2. The summed E-state index contributed by atoms with van der Waals surface area (Å²) in [5, 5.41) is 10.1. The molecule has 0 spiro atoms. The number of pyridine rings is 1. The van der Waals surface area contributed by atoms with Gasteiger partial charge in [0.1, 0.15) is 5.56 Å². The van der Waals surface area contributed by atoms with Gasteiger partial charge in [-0.15, -0.1) is 0 Å². The fourth-order valence-electron chi connectivity index (χ4n) is 2.43. The lowest BCUT2D eigenvalue weighted by Gasteiger charge is -2.12. The second-order valence-corrected chi connectivity index (χ2v) is 5.39. The Kier molecular flexibility index (Phi) is 3.69. The van der Waals surface area contributed by atoms with Crippen molar-refractivity contribution in [1.29, 1.82) is 0 Å². The lowest BCUT2D eigenvalue weighted by atomic mass is 10.1. The predicted octanol–water partition coefficient (Wildman–Crippen LogP) is 3.40. The van der Waals surface area contributed by atoms with Crippen molar-refractivity contribution < 1.29 is 9.90 Å². The van der Waals surface area contributed by atoms with E-state index in [-0.39, 0.29) is 5.56 Å². The van der Waals surface area contributed by atoms with Gasteiger partial charge in [0.2, 0.25) is 5.43 Å². The molecule has 0 radical (unpaired) electrons. The van der Waals surface area contributed by atoms with Gasteiger partial charge in [0.25, 0.3) is 0 Å². The van der Waals surface area contributed by atoms with Crippen molar-refractivity contribution in [3.8, 4) is 0 Å². The maximum absolute atomic E-state index is 12.2. The first kappa shape index (κ1) is 14.4. The molecule has 0 saturated heterocycles. The number of hydrogen-bond donors (Lipinski definition) is 1. The van der Waals surface area contributed by atoms with E-state index in [4.69, 9.17) is 11.6 Å². The number of carboxylic acid groups (broad SMARTS) is 1. The molecular weight excluding hydrogens is 302 g/mol. The molecule has 1 heterocycles. The van der Waals surface area contributed by atoms with Crippen molar-refractivity contribution in [3.63, 3.8) is 0 Å². The Balaban J connectivity index is 2.27. The summed E-state index contributed by atoms with van der Waals surface area (Å²) in [7, 11) is 0. The van der Waals surface area contributed by atoms with Crippen molar-refractivity contribution in [3.05, 3.63) is 81.1 Å². The Hall–Kier alpha value is -2.59. The molecule has 3 aromatic rings. The zero-order valence-electron chi connectivity index (χ0n) is 11.5. The van der Waals surface area contributed by atoms with Crippen LogP contribution < -0.4 is 5.43 Å². The highest BCUT2D eigenvalue weighted by molar-refractivity contribution is 6.31. The number of rotatable bonds is 3. The molecule has 0 atom stereocenters. The number of carbonyl (C=O) groups is 1. The maximum Gasteiger partial charge on any atom is 0.341 e. The van der Waals surface area contributed by atoms with E-state index in [2.05, 4.69) is 0 Å². The normalized spacial score (nSPS) is 10.8. The largest absolute Gasteiger partial charge is 0.477 e. The monoisotopic (exact) mass is 313 g/mol. The average Bonchev–Trinajstić information content (AvgIpc) is 2.50. The highest BCUT2D eigenvalue weighted by Crippen LogP contribution is 2.19. The molecule has 0 aliphatic rings. The van der Waals surface area contributed by atoms with Gasteiger partial charge in [-0.1, -0.05) is 41.9 Å². The summed E-state index contributed by atoms with van der Waals surface area (Å²) in [6.07, 6.45) is 1.37. The smallest absolute Gasteiger partial charge is 0.341 e. The molecule has 5 heteroatoms. The first-order chi connectivity index (χ1) is 10.6. The topological polar surface area (TPSA) is 59.3 Å². The summed E-state index contributed by atoms with van der Waals surface area (Å²) in [5.41, 5.74) is 0.879. The van der Waals surface area contributed by atoms with Crippen LogP contribution in [-0.4, -0.2) is 15.6 Å². The molecule has 2 aromatic carbocycles. The maximum atomic E-state index is 12.2. The summed E-state index contributed by atoms with van der Waals surface area (Å²) in [5.74, 6) is -1.23. The van der Waals surface area contributed by atoms with Crippen LogP contribution in [-0.2, 0) is 6.54 Å². The Morgan fingerprint density at radius 2 is 1.86 bits per heavy atom. The Morgan fingerprint density at radius 1 is 1.14 bits per heavy atom. The molecule has 3 rings (SSSR count). The third kappa shape index (κ3) is 2.61. The minimum atomic E-state index is -1.23. The van der Waals surface area contributed by atoms with Crippen LogP contribution in [0.2, 0.25) is 5.02 Å². The summed E-state index contributed by atoms with van der Waals surface area (Å²) in [6.45, 7) is 0.457. The van der Waals surface area contributed by atoms with Crippen LogP contribution >= 0.6 is 11.6 Å². The van der Waals surface area contributed by atoms with Crippen molar-refractivity contribution in [1.82, 2.24) is 4.57 Å². The van der Waals surface area contributed by atoms with Gasteiger partial charge in [-0.25, -0.2) is 4.79 Å². The van der Waals surface area contributed by atoms with Crippen LogP contribution in [0.4, 0.5) is 0 Å². The molecular formula is C17H12ClNO3. The van der Waals surface area contributed by atoms with E-state index in [1.54, 1.807) is 22.8 Å². The molecule has 0 amide bonds. The predicted molar refractivity (Wildman–Crippen MR) is 85.7 cm³/mol. The Labute approximate surface area is 131 Å². The summed E-state index contributed by atoms with van der Waals surface area (Å²) in [6, 6.07) is 14.4. The summed E-state index contributed by atoms with van der Waals surface area (Å²) < 4.78 is 1.74. The van der Waals surface area contributed by atoms with E-state index in [0.29, 0.717) is 22.5 Å². The van der Waals surface area contributed by atoms with Crippen molar-refractivity contribution >= 4 is 28.5 Å². The minimum Gasteiger partial charge on any atom is -0.477 e. The summed E-state index contributed by atoms with van der Waals surface area (Å²) in [4.78, 5) is 23.5. The number of hydrogen-bond acceptors (Lipinski definition) is 2. The van der Waals surface area contributed by atoms with E-state index in [1.165, 1.54) is 6.20 Å². The molecule has 0 aliphatic carbocycles. The van der Waals surface area contributed by atoms with Crippen molar-refractivity contribution in [2.75, 3.05) is 0 Å². The van der Waals surface area contributed by atoms with Gasteiger partial charge in [-0.2, -0.15) is 0 Å².